The van der Waals surface area contributed by atoms with Crippen molar-refractivity contribution >= 4 is 23.2 Å². The molecule has 52 valence electrons. The van der Waals surface area contributed by atoms with Crippen molar-refractivity contribution in [3.63, 3.8) is 0 Å². The molecule has 9 heavy (non-hydrogen) atoms. The maximum atomic E-state index is 10.00. The molecule has 0 saturated heterocycles. The van der Waals surface area contributed by atoms with Gasteiger partial charge in [-0.05, 0) is 0 Å². The molecule has 0 saturated carbocycles. The Morgan fingerprint density at radius 2 is 2.33 bits per heavy atom. The second-order valence-corrected chi connectivity index (χ2v) is 2.37. The SMILES string of the molecule is CC(CC(=O)O)C(N)=S. The molecule has 0 amide bonds. The van der Waals surface area contributed by atoms with Crippen LogP contribution < -0.4 is 5.73 Å². The zero-order chi connectivity index (χ0) is 7.44. The monoisotopic (exact) mass is 147 g/mol. The number of thiocarbonyl (C=S) groups is 1. The first-order valence-electron chi connectivity index (χ1n) is 2.55. The lowest BCUT2D eigenvalue weighted by molar-refractivity contribution is -0.137. The number of carbonyl (C=O) groups is 1. The lowest BCUT2D eigenvalue weighted by Gasteiger charge is -2.03. The second kappa shape index (κ2) is 3.40. The van der Waals surface area contributed by atoms with Crippen molar-refractivity contribution in [2.45, 2.75) is 13.3 Å². The zero-order valence-corrected chi connectivity index (χ0v) is 5.94. The highest BCUT2D eigenvalue weighted by Crippen LogP contribution is 2.00. The average Bonchev–Trinajstić information content (AvgIpc) is 1.63. The fourth-order valence-electron chi connectivity index (χ4n) is 0.363. The summed E-state index contributed by atoms with van der Waals surface area (Å²) in [6, 6.07) is 0. The largest absolute Gasteiger partial charge is 0.481 e. The third-order valence-corrected chi connectivity index (χ3v) is 1.37. The second-order valence-electron chi connectivity index (χ2n) is 1.90. The van der Waals surface area contributed by atoms with Gasteiger partial charge in [-0.15, -0.1) is 0 Å². The van der Waals surface area contributed by atoms with Crippen LogP contribution in [0.4, 0.5) is 0 Å². The van der Waals surface area contributed by atoms with Gasteiger partial charge in [-0.25, -0.2) is 0 Å². The highest BCUT2D eigenvalue weighted by atomic mass is 32.1. The van der Waals surface area contributed by atoms with Gasteiger partial charge in [0.05, 0.1) is 11.4 Å². The Morgan fingerprint density at radius 3 is 2.44 bits per heavy atom. The molecular formula is C5H9NO2S. The van der Waals surface area contributed by atoms with Crippen LogP contribution in [0.2, 0.25) is 0 Å². The molecule has 0 aliphatic carbocycles. The lowest BCUT2D eigenvalue weighted by Crippen LogP contribution is -2.20. The van der Waals surface area contributed by atoms with E-state index < -0.39 is 5.97 Å². The predicted molar refractivity (Wildman–Crippen MR) is 38.2 cm³/mol. The van der Waals surface area contributed by atoms with Gasteiger partial charge < -0.3 is 10.8 Å². The van der Waals surface area contributed by atoms with E-state index in [0.29, 0.717) is 0 Å². The normalized spacial score (nSPS) is 12.6. The summed E-state index contributed by atoms with van der Waals surface area (Å²) in [5.74, 6) is -1.06. The number of aliphatic carboxylic acids is 1. The van der Waals surface area contributed by atoms with Gasteiger partial charge >= 0.3 is 5.97 Å². The third-order valence-electron chi connectivity index (χ3n) is 0.967. The molecule has 0 aromatic carbocycles. The smallest absolute Gasteiger partial charge is 0.304 e. The Bertz CT molecular complexity index is 135. The molecule has 3 nitrogen and oxygen atoms in total. The number of carboxylic acids is 1. The van der Waals surface area contributed by atoms with E-state index in [1.807, 2.05) is 0 Å². The van der Waals surface area contributed by atoms with E-state index in [9.17, 15) is 4.79 Å². The summed E-state index contributed by atoms with van der Waals surface area (Å²) in [6.07, 6.45) is 0.0231. The van der Waals surface area contributed by atoms with Crippen LogP contribution in [0.25, 0.3) is 0 Å². The molecule has 0 bridgehead atoms. The molecule has 0 aromatic heterocycles. The minimum atomic E-state index is -0.865. The van der Waals surface area contributed by atoms with Crippen LogP contribution in [0.5, 0.6) is 0 Å². The molecule has 0 spiro atoms. The van der Waals surface area contributed by atoms with E-state index >= 15 is 0 Å². The summed E-state index contributed by atoms with van der Waals surface area (Å²) in [6.45, 7) is 1.69. The Kier molecular flexibility index (Phi) is 3.16. The van der Waals surface area contributed by atoms with Gasteiger partial charge in [-0.1, -0.05) is 19.1 Å². The van der Waals surface area contributed by atoms with Gasteiger partial charge in [-0.2, -0.15) is 0 Å². The molecule has 0 heterocycles. The summed E-state index contributed by atoms with van der Waals surface area (Å²) in [7, 11) is 0. The molecule has 0 aliphatic heterocycles. The van der Waals surface area contributed by atoms with Gasteiger partial charge in [-0.3, -0.25) is 4.79 Å². The highest BCUT2D eigenvalue weighted by Gasteiger charge is 2.08. The minimum Gasteiger partial charge on any atom is -0.481 e. The maximum absolute atomic E-state index is 10.00. The predicted octanol–water partition coefficient (Wildman–Crippen LogP) is 0.383. The van der Waals surface area contributed by atoms with Crippen LogP contribution in [0.15, 0.2) is 0 Å². The van der Waals surface area contributed by atoms with Crippen LogP contribution in [0.3, 0.4) is 0 Å². The van der Waals surface area contributed by atoms with Crippen LogP contribution >= 0.6 is 12.2 Å². The molecule has 3 N–H and O–H groups in total. The van der Waals surface area contributed by atoms with Crippen molar-refractivity contribution in [3.8, 4) is 0 Å². The standard InChI is InChI=1S/C5H9NO2S/c1-3(5(6)9)2-4(7)8/h3H,2H2,1H3,(H2,6,9)(H,7,8). The van der Waals surface area contributed by atoms with Crippen LogP contribution in [0, 0.1) is 5.92 Å². The Hall–Kier alpha value is -0.640. The first kappa shape index (κ1) is 8.36. The number of hydrogen-bond acceptors (Lipinski definition) is 2. The van der Waals surface area contributed by atoms with Crippen molar-refractivity contribution in [2.24, 2.45) is 11.7 Å². The van der Waals surface area contributed by atoms with Gasteiger partial charge in [0, 0.05) is 5.92 Å². The molecule has 0 aromatic rings. The lowest BCUT2D eigenvalue weighted by atomic mass is 10.1. The first-order valence-corrected chi connectivity index (χ1v) is 2.96. The molecular weight excluding hydrogens is 138 g/mol. The summed E-state index contributed by atoms with van der Waals surface area (Å²) in [4.78, 5) is 10.3. The van der Waals surface area contributed by atoms with E-state index in [0.717, 1.165) is 0 Å². The van der Waals surface area contributed by atoms with E-state index in [-0.39, 0.29) is 17.3 Å². The number of nitrogens with two attached hydrogens (primary N) is 1. The highest BCUT2D eigenvalue weighted by molar-refractivity contribution is 7.80. The maximum Gasteiger partial charge on any atom is 0.304 e. The molecule has 0 aliphatic rings. The topological polar surface area (TPSA) is 63.3 Å². The summed E-state index contributed by atoms with van der Waals surface area (Å²) in [5, 5.41) is 8.22. The Labute approximate surface area is 58.9 Å². The number of carboxylic acid groups (broad SMARTS) is 1. The van der Waals surface area contributed by atoms with Gasteiger partial charge in [0.25, 0.3) is 0 Å². The third kappa shape index (κ3) is 3.90. The average molecular weight is 147 g/mol. The number of rotatable bonds is 3. The van der Waals surface area contributed by atoms with E-state index in [1.165, 1.54) is 0 Å². The molecule has 4 heteroatoms. The van der Waals surface area contributed by atoms with Crippen molar-refractivity contribution in [1.29, 1.82) is 0 Å². The summed E-state index contributed by atoms with van der Waals surface area (Å²) < 4.78 is 0. The summed E-state index contributed by atoms with van der Waals surface area (Å²) in [5.41, 5.74) is 5.15. The number of hydrogen-bond donors (Lipinski definition) is 2. The molecule has 1 unspecified atom stereocenters. The minimum absolute atomic E-state index is 0.0231. The van der Waals surface area contributed by atoms with E-state index in [1.54, 1.807) is 6.92 Å². The van der Waals surface area contributed by atoms with Crippen molar-refractivity contribution in [3.05, 3.63) is 0 Å². The Balaban J connectivity index is 3.63. The van der Waals surface area contributed by atoms with Gasteiger partial charge in [0.1, 0.15) is 0 Å². The molecule has 0 fully saturated rings. The van der Waals surface area contributed by atoms with Crippen LogP contribution in [0.1, 0.15) is 13.3 Å². The van der Waals surface area contributed by atoms with Crippen molar-refractivity contribution in [2.75, 3.05) is 0 Å². The fourth-order valence-corrected chi connectivity index (χ4v) is 0.446. The van der Waals surface area contributed by atoms with Gasteiger partial charge in [0.15, 0.2) is 0 Å². The fraction of sp³-hybridized carbons (Fsp3) is 0.600. The quantitative estimate of drug-likeness (QED) is 0.566. The van der Waals surface area contributed by atoms with Crippen molar-refractivity contribution < 1.29 is 9.90 Å². The van der Waals surface area contributed by atoms with E-state index in [2.05, 4.69) is 12.2 Å². The van der Waals surface area contributed by atoms with Crippen LogP contribution in [-0.4, -0.2) is 16.1 Å². The molecule has 0 radical (unpaired) electrons. The summed E-state index contributed by atoms with van der Waals surface area (Å²) >= 11 is 4.55. The molecule has 1 atom stereocenters. The van der Waals surface area contributed by atoms with Gasteiger partial charge in [0.2, 0.25) is 0 Å². The van der Waals surface area contributed by atoms with Crippen molar-refractivity contribution in [1.82, 2.24) is 0 Å². The van der Waals surface area contributed by atoms with Crippen LogP contribution in [-0.2, 0) is 4.79 Å². The van der Waals surface area contributed by atoms with E-state index in [4.69, 9.17) is 10.8 Å². The first-order chi connectivity index (χ1) is 4.04. The zero-order valence-electron chi connectivity index (χ0n) is 5.13. The molecule has 0 rings (SSSR count). The Morgan fingerprint density at radius 1 is 1.89 bits per heavy atom.